The Morgan fingerprint density at radius 3 is 1.74 bits per heavy atom. The highest BCUT2D eigenvalue weighted by Crippen LogP contribution is 2.21. The molecule has 2 rings (SSSR count). The van der Waals surface area contributed by atoms with Gasteiger partial charge in [-0.05, 0) is 49.9 Å². The van der Waals surface area contributed by atoms with Crippen molar-refractivity contribution in [3.63, 3.8) is 0 Å². The summed E-state index contributed by atoms with van der Waals surface area (Å²) in [6, 6.07) is 6.00. The average Bonchev–Trinajstić information content (AvgIpc) is 2.64. The molecule has 1 aromatic carbocycles. The Kier molecular flexibility index (Phi) is 8.77. The molecule has 1 aliphatic carbocycles. The highest BCUT2D eigenvalue weighted by atomic mass is 32.2. The van der Waals surface area contributed by atoms with E-state index >= 15 is 0 Å². The summed E-state index contributed by atoms with van der Waals surface area (Å²) in [5.41, 5.74) is 0.402. The lowest BCUT2D eigenvalue weighted by Gasteiger charge is -2.19. The Balaban J connectivity index is 1.96. The van der Waals surface area contributed by atoms with Crippen molar-refractivity contribution in [3.05, 3.63) is 29.8 Å². The van der Waals surface area contributed by atoms with Crippen molar-refractivity contribution in [2.75, 3.05) is 14.1 Å². The molecule has 0 unspecified atom stereocenters. The molecule has 1 aliphatic rings. The Labute approximate surface area is 164 Å². The van der Waals surface area contributed by atoms with Gasteiger partial charge in [-0.3, -0.25) is 0 Å². The Hall–Kier alpha value is -1.40. The Bertz CT molecular complexity index is 671. The van der Waals surface area contributed by atoms with Gasteiger partial charge in [0.05, 0.1) is 10.5 Å². The molecule has 1 fully saturated rings. The second kappa shape index (κ2) is 10.8. The minimum absolute atomic E-state index is 0.0397. The molecule has 0 heterocycles. The number of esters is 1. The molecule has 0 N–H and O–H groups in total. The van der Waals surface area contributed by atoms with Crippen LogP contribution in [0.5, 0.6) is 0 Å². The number of benzene rings is 1. The first kappa shape index (κ1) is 21.9. The van der Waals surface area contributed by atoms with Gasteiger partial charge in [0.2, 0.25) is 10.0 Å². The van der Waals surface area contributed by atoms with Crippen LogP contribution in [0.15, 0.2) is 29.2 Å². The van der Waals surface area contributed by atoms with Crippen molar-refractivity contribution in [1.29, 1.82) is 0 Å². The number of hydrogen-bond donors (Lipinski definition) is 0. The quantitative estimate of drug-likeness (QED) is 0.689. The van der Waals surface area contributed by atoms with E-state index in [1.54, 1.807) is 0 Å². The van der Waals surface area contributed by atoms with Gasteiger partial charge in [0, 0.05) is 14.1 Å². The molecular weight excluding hydrogens is 362 g/mol. The molecular formula is C21H33NO4S. The molecule has 5 nitrogen and oxygen atoms in total. The summed E-state index contributed by atoms with van der Waals surface area (Å²) in [6.07, 6.45) is 12.9. The highest BCUT2D eigenvalue weighted by Gasteiger charge is 2.19. The molecule has 0 atom stereocenters. The van der Waals surface area contributed by atoms with E-state index in [4.69, 9.17) is 4.74 Å². The zero-order valence-corrected chi connectivity index (χ0v) is 17.5. The fourth-order valence-corrected chi connectivity index (χ4v) is 4.34. The smallest absolute Gasteiger partial charge is 0.338 e. The SMILES string of the molecule is CN(C)S(=O)(=O)c1ccc(C(=O)OC2CCCCCCCCCCC2)cc1. The maximum absolute atomic E-state index is 12.5. The Morgan fingerprint density at radius 2 is 1.30 bits per heavy atom. The van der Waals surface area contributed by atoms with E-state index in [0.717, 1.165) is 30.0 Å². The van der Waals surface area contributed by atoms with Crippen LogP contribution in [0, 0.1) is 0 Å². The molecule has 1 saturated carbocycles. The molecule has 1 aromatic rings. The zero-order chi connectivity index (χ0) is 19.7. The standard InChI is InChI=1S/C21H33NO4S/c1-22(2)27(24,25)20-16-14-18(15-17-20)21(23)26-19-12-10-8-6-4-3-5-7-9-11-13-19/h14-17,19H,3-13H2,1-2H3. The number of carbonyl (C=O) groups excluding carboxylic acids is 1. The van der Waals surface area contributed by atoms with E-state index < -0.39 is 10.0 Å². The second-order valence-electron chi connectivity index (χ2n) is 7.60. The summed E-state index contributed by atoms with van der Waals surface area (Å²) in [5.74, 6) is -0.360. The molecule has 0 aromatic heterocycles. The van der Waals surface area contributed by atoms with Crippen LogP contribution in [-0.4, -0.2) is 38.9 Å². The van der Waals surface area contributed by atoms with Gasteiger partial charge in [-0.15, -0.1) is 0 Å². The lowest BCUT2D eigenvalue weighted by Crippen LogP contribution is -2.22. The van der Waals surface area contributed by atoms with Crippen LogP contribution in [-0.2, 0) is 14.8 Å². The molecule has 0 radical (unpaired) electrons. The van der Waals surface area contributed by atoms with E-state index in [1.165, 1.54) is 83.3 Å². The van der Waals surface area contributed by atoms with Crippen molar-refractivity contribution < 1.29 is 17.9 Å². The Morgan fingerprint density at radius 1 is 0.852 bits per heavy atom. The first-order valence-corrected chi connectivity index (χ1v) is 11.6. The minimum atomic E-state index is -3.49. The van der Waals surface area contributed by atoms with Crippen molar-refractivity contribution >= 4 is 16.0 Å². The summed E-state index contributed by atoms with van der Waals surface area (Å²) < 4.78 is 31.2. The number of sulfonamides is 1. The lowest BCUT2D eigenvalue weighted by molar-refractivity contribution is 0.0248. The van der Waals surface area contributed by atoms with Gasteiger partial charge in [-0.2, -0.15) is 0 Å². The predicted octanol–water partition coefficient (Wildman–Crippen LogP) is 4.77. The molecule has 0 spiro atoms. The molecule has 27 heavy (non-hydrogen) atoms. The first-order chi connectivity index (χ1) is 12.9. The van der Waals surface area contributed by atoms with Crippen LogP contribution in [0.25, 0.3) is 0 Å². The van der Waals surface area contributed by atoms with Gasteiger partial charge in [-0.25, -0.2) is 17.5 Å². The van der Waals surface area contributed by atoms with Gasteiger partial charge in [0.1, 0.15) is 6.10 Å². The van der Waals surface area contributed by atoms with Crippen LogP contribution in [0.1, 0.15) is 81.0 Å². The van der Waals surface area contributed by atoms with Crippen LogP contribution < -0.4 is 0 Å². The van der Waals surface area contributed by atoms with Gasteiger partial charge in [-0.1, -0.05) is 44.9 Å². The van der Waals surface area contributed by atoms with Crippen LogP contribution in [0.3, 0.4) is 0 Å². The number of hydrogen-bond acceptors (Lipinski definition) is 4. The summed E-state index contributed by atoms with van der Waals surface area (Å²) in [7, 11) is -0.514. The van der Waals surface area contributed by atoms with Crippen LogP contribution >= 0.6 is 0 Å². The fraction of sp³-hybridized carbons (Fsp3) is 0.667. The van der Waals surface area contributed by atoms with E-state index in [-0.39, 0.29) is 17.0 Å². The van der Waals surface area contributed by atoms with Crippen molar-refractivity contribution in [2.24, 2.45) is 0 Å². The van der Waals surface area contributed by atoms with E-state index in [1.807, 2.05) is 0 Å². The zero-order valence-electron chi connectivity index (χ0n) is 16.7. The average molecular weight is 396 g/mol. The number of ether oxygens (including phenoxy) is 1. The molecule has 6 heteroatoms. The number of nitrogens with zero attached hydrogens (tertiary/aromatic N) is 1. The lowest BCUT2D eigenvalue weighted by atomic mass is 9.99. The summed E-state index contributed by atoms with van der Waals surface area (Å²) in [5, 5.41) is 0. The summed E-state index contributed by atoms with van der Waals surface area (Å²) >= 11 is 0. The predicted molar refractivity (Wildman–Crippen MR) is 107 cm³/mol. The largest absolute Gasteiger partial charge is 0.459 e. The minimum Gasteiger partial charge on any atom is -0.459 e. The number of carbonyl (C=O) groups is 1. The van der Waals surface area contributed by atoms with Gasteiger partial charge in [0.15, 0.2) is 0 Å². The van der Waals surface area contributed by atoms with Crippen LogP contribution in [0.2, 0.25) is 0 Å². The topological polar surface area (TPSA) is 63.7 Å². The fourth-order valence-electron chi connectivity index (χ4n) is 3.44. The van der Waals surface area contributed by atoms with Gasteiger partial charge in [0.25, 0.3) is 0 Å². The second-order valence-corrected chi connectivity index (χ2v) is 9.75. The van der Waals surface area contributed by atoms with Crippen molar-refractivity contribution in [1.82, 2.24) is 4.31 Å². The van der Waals surface area contributed by atoms with Crippen molar-refractivity contribution in [2.45, 2.75) is 81.6 Å². The summed E-state index contributed by atoms with van der Waals surface area (Å²) in [6.45, 7) is 0. The molecule has 152 valence electrons. The molecule has 0 saturated heterocycles. The molecule has 0 amide bonds. The highest BCUT2D eigenvalue weighted by molar-refractivity contribution is 7.89. The molecule has 0 bridgehead atoms. The monoisotopic (exact) mass is 395 g/mol. The van der Waals surface area contributed by atoms with Crippen LogP contribution in [0.4, 0.5) is 0 Å². The normalized spacial score (nSPS) is 18.5. The first-order valence-electron chi connectivity index (χ1n) is 10.1. The van der Waals surface area contributed by atoms with Gasteiger partial charge >= 0.3 is 5.97 Å². The maximum Gasteiger partial charge on any atom is 0.338 e. The summed E-state index contributed by atoms with van der Waals surface area (Å²) in [4.78, 5) is 12.7. The number of rotatable bonds is 4. The van der Waals surface area contributed by atoms with E-state index in [2.05, 4.69) is 0 Å². The third kappa shape index (κ3) is 6.92. The van der Waals surface area contributed by atoms with E-state index in [0.29, 0.717) is 5.56 Å². The van der Waals surface area contributed by atoms with Crippen molar-refractivity contribution in [3.8, 4) is 0 Å². The van der Waals surface area contributed by atoms with E-state index in [9.17, 15) is 13.2 Å². The maximum atomic E-state index is 12.5. The van der Waals surface area contributed by atoms with Gasteiger partial charge < -0.3 is 4.74 Å². The third-order valence-corrected chi connectivity index (χ3v) is 7.02. The third-order valence-electron chi connectivity index (χ3n) is 5.19. The molecule has 0 aliphatic heterocycles.